The van der Waals surface area contributed by atoms with Crippen molar-refractivity contribution in [3.63, 3.8) is 0 Å². The van der Waals surface area contributed by atoms with Gasteiger partial charge in [-0.1, -0.05) is 12.1 Å². The highest BCUT2D eigenvalue weighted by Gasteiger charge is 2.26. The zero-order valence-corrected chi connectivity index (χ0v) is 15.7. The lowest BCUT2D eigenvalue weighted by atomic mass is 10.1. The lowest BCUT2D eigenvalue weighted by Crippen LogP contribution is -2.51. The first-order valence-corrected chi connectivity index (χ1v) is 9.09. The number of rotatable bonds is 7. The molecule has 1 aliphatic rings. The molecule has 0 aliphatic carbocycles. The quantitative estimate of drug-likeness (QED) is 0.618. The van der Waals surface area contributed by atoms with E-state index >= 15 is 0 Å². The van der Waals surface area contributed by atoms with Crippen LogP contribution in [0.2, 0.25) is 0 Å². The van der Waals surface area contributed by atoms with Gasteiger partial charge in [-0.05, 0) is 30.2 Å². The number of aryl methyl sites for hydroxylation is 1. The van der Waals surface area contributed by atoms with Crippen molar-refractivity contribution in [3.05, 3.63) is 53.9 Å². The van der Waals surface area contributed by atoms with Crippen molar-refractivity contribution in [1.29, 1.82) is 0 Å². The predicted molar refractivity (Wildman–Crippen MR) is 100 cm³/mol. The molecular weight excluding hydrogens is 363 g/mol. The van der Waals surface area contributed by atoms with Crippen molar-refractivity contribution in [2.45, 2.75) is 26.1 Å². The lowest BCUT2D eigenvalue weighted by molar-refractivity contribution is 0.0787. The van der Waals surface area contributed by atoms with Crippen molar-refractivity contribution in [2.75, 3.05) is 25.1 Å². The molecule has 0 atom stereocenters. The number of aromatic nitrogens is 5. The van der Waals surface area contributed by atoms with Crippen molar-refractivity contribution in [2.24, 2.45) is 0 Å². The van der Waals surface area contributed by atoms with E-state index in [-0.39, 0.29) is 24.5 Å². The van der Waals surface area contributed by atoms with Crippen molar-refractivity contribution < 1.29 is 13.9 Å². The first-order chi connectivity index (χ1) is 13.7. The molecule has 0 spiro atoms. The Morgan fingerprint density at radius 1 is 1.18 bits per heavy atom. The number of hydrogen-bond acceptors (Lipinski definition) is 7. The van der Waals surface area contributed by atoms with E-state index < -0.39 is 0 Å². The highest BCUT2D eigenvalue weighted by molar-refractivity contribution is 5.45. The fraction of sp³-hybridized carbons (Fsp3) is 0.368. The molecule has 0 unspecified atom stereocenters. The summed E-state index contributed by atoms with van der Waals surface area (Å²) in [6, 6.07) is 5.14. The van der Waals surface area contributed by atoms with Crippen molar-refractivity contribution >= 4 is 5.69 Å². The number of hydrogen-bond donors (Lipinski definition) is 0. The van der Waals surface area contributed by atoms with Gasteiger partial charge in [0.05, 0.1) is 36.1 Å². The molecule has 28 heavy (non-hydrogen) atoms. The molecule has 8 nitrogen and oxygen atoms in total. The van der Waals surface area contributed by atoms with Gasteiger partial charge in [0.1, 0.15) is 18.1 Å². The second-order valence-electron chi connectivity index (χ2n) is 6.56. The van der Waals surface area contributed by atoms with Crippen LogP contribution in [0.15, 0.2) is 36.8 Å². The molecular formula is C19H21FN6O2. The summed E-state index contributed by atoms with van der Waals surface area (Å²) in [5, 5.41) is 8.17. The summed E-state index contributed by atoms with van der Waals surface area (Å²) in [5.74, 6) is -0.216. The number of nitrogens with zero attached hydrogens (tertiary/aromatic N) is 6. The Morgan fingerprint density at radius 2 is 1.96 bits per heavy atom. The standard InChI is InChI=1S/C19H21FN6O2/c1-3-13-6-15(4-5-18(13)20)26-9-14(23-24-26)12-28-19-21-7-16(8-22-19)25-10-17(11-25)27-2/h4-9,17H,3,10-12H2,1-2H3. The Bertz CT molecular complexity index is 940. The molecule has 1 fully saturated rings. The van der Waals surface area contributed by atoms with Crippen LogP contribution in [0.3, 0.4) is 0 Å². The van der Waals surface area contributed by atoms with Crippen LogP contribution >= 0.6 is 0 Å². The van der Waals surface area contributed by atoms with E-state index in [1.807, 2.05) is 6.92 Å². The maximum absolute atomic E-state index is 13.7. The molecule has 1 saturated heterocycles. The molecule has 4 rings (SSSR count). The predicted octanol–water partition coefficient (Wildman–Crippen LogP) is 2.17. The number of methoxy groups -OCH3 is 1. The van der Waals surface area contributed by atoms with Crippen LogP contribution in [0.5, 0.6) is 6.01 Å². The largest absolute Gasteiger partial charge is 0.457 e. The van der Waals surface area contributed by atoms with Gasteiger partial charge in [0.15, 0.2) is 0 Å². The van der Waals surface area contributed by atoms with Gasteiger partial charge in [0.2, 0.25) is 0 Å². The maximum Gasteiger partial charge on any atom is 0.316 e. The summed E-state index contributed by atoms with van der Waals surface area (Å²) >= 11 is 0. The number of benzene rings is 1. The van der Waals surface area contributed by atoms with Gasteiger partial charge >= 0.3 is 6.01 Å². The number of anilines is 1. The highest BCUT2D eigenvalue weighted by Crippen LogP contribution is 2.21. The summed E-state index contributed by atoms with van der Waals surface area (Å²) in [7, 11) is 1.71. The highest BCUT2D eigenvalue weighted by atomic mass is 19.1. The molecule has 2 aromatic heterocycles. The first-order valence-electron chi connectivity index (χ1n) is 9.09. The third-order valence-corrected chi connectivity index (χ3v) is 4.73. The van der Waals surface area contributed by atoms with Crippen LogP contribution in [0.4, 0.5) is 10.1 Å². The SMILES string of the molecule is CCc1cc(-n2cc(COc3ncc(N4CC(OC)C4)cn3)nn2)ccc1F. The normalized spacial score (nSPS) is 14.2. The van der Waals surface area contributed by atoms with Gasteiger partial charge in [0.25, 0.3) is 0 Å². The summed E-state index contributed by atoms with van der Waals surface area (Å²) < 4.78 is 26.1. The van der Waals surface area contributed by atoms with Crippen molar-refractivity contribution in [1.82, 2.24) is 25.0 Å². The average Bonchev–Trinajstić information content (AvgIpc) is 3.16. The molecule has 0 N–H and O–H groups in total. The topological polar surface area (TPSA) is 78.2 Å². The number of ether oxygens (including phenoxy) is 2. The Kier molecular flexibility index (Phi) is 5.16. The van der Waals surface area contributed by atoms with E-state index in [9.17, 15) is 4.39 Å². The maximum atomic E-state index is 13.7. The second-order valence-corrected chi connectivity index (χ2v) is 6.56. The third-order valence-electron chi connectivity index (χ3n) is 4.73. The van der Waals surface area contributed by atoms with Crippen LogP contribution in [-0.4, -0.2) is 51.3 Å². The molecule has 0 bridgehead atoms. The van der Waals surface area contributed by atoms with Crippen LogP contribution < -0.4 is 9.64 Å². The van der Waals surface area contributed by atoms with Crippen molar-refractivity contribution in [3.8, 4) is 11.7 Å². The number of halogens is 1. The Hall–Kier alpha value is -3.07. The monoisotopic (exact) mass is 384 g/mol. The van der Waals surface area contributed by atoms with Crippen LogP contribution in [0.1, 0.15) is 18.2 Å². The van der Waals surface area contributed by atoms with Crippen LogP contribution in [0.25, 0.3) is 5.69 Å². The second kappa shape index (κ2) is 7.89. The Balaban J connectivity index is 1.36. The molecule has 3 heterocycles. The fourth-order valence-electron chi connectivity index (χ4n) is 2.95. The smallest absolute Gasteiger partial charge is 0.316 e. The molecule has 9 heteroatoms. The van der Waals surface area contributed by atoms with Gasteiger partial charge < -0.3 is 14.4 Å². The fourth-order valence-corrected chi connectivity index (χ4v) is 2.95. The summed E-state index contributed by atoms with van der Waals surface area (Å²) in [6.07, 6.45) is 6.09. The summed E-state index contributed by atoms with van der Waals surface area (Å²) in [4.78, 5) is 10.6. The molecule has 3 aromatic rings. The Morgan fingerprint density at radius 3 is 2.68 bits per heavy atom. The first kappa shape index (κ1) is 18.3. The van der Waals surface area contributed by atoms with Gasteiger partial charge in [-0.3, -0.25) is 0 Å². The minimum absolute atomic E-state index is 0.191. The zero-order chi connectivity index (χ0) is 19.5. The van der Waals surface area contributed by atoms with Gasteiger partial charge in [-0.2, -0.15) is 0 Å². The minimum Gasteiger partial charge on any atom is -0.457 e. The average molecular weight is 384 g/mol. The van der Waals surface area contributed by atoms with E-state index in [1.165, 1.54) is 6.07 Å². The van der Waals surface area contributed by atoms with E-state index in [0.29, 0.717) is 17.7 Å². The van der Waals surface area contributed by atoms with Gasteiger partial charge in [0, 0.05) is 20.2 Å². The van der Waals surface area contributed by atoms with E-state index in [2.05, 4.69) is 25.2 Å². The minimum atomic E-state index is -0.216. The van der Waals surface area contributed by atoms with Gasteiger partial charge in [-0.25, -0.2) is 19.0 Å². The zero-order valence-electron chi connectivity index (χ0n) is 15.7. The van der Waals surface area contributed by atoms with E-state index in [4.69, 9.17) is 9.47 Å². The van der Waals surface area contributed by atoms with E-state index in [0.717, 1.165) is 24.5 Å². The molecule has 1 aromatic carbocycles. The third kappa shape index (κ3) is 3.79. The van der Waals surface area contributed by atoms with E-state index in [1.54, 1.807) is 42.5 Å². The van der Waals surface area contributed by atoms with Crippen LogP contribution in [0, 0.1) is 5.82 Å². The molecule has 0 radical (unpaired) electrons. The molecule has 1 aliphatic heterocycles. The lowest BCUT2D eigenvalue weighted by Gasteiger charge is -2.39. The molecule has 146 valence electrons. The van der Waals surface area contributed by atoms with Gasteiger partial charge in [-0.15, -0.1) is 5.10 Å². The Labute approximate surface area is 161 Å². The molecule has 0 saturated carbocycles. The summed E-state index contributed by atoms with van der Waals surface area (Å²) in [5.41, 5.74) is 2.95. The molecule has 0 amide bonds. The summed E-state index contributed by atoms with van der Waals surface area (Å²) in [6.45, 7) is 3.78. The van der Waals surface area contributed by atoms with Crippen LogP contribution in [-0.2, 0) is 17.8 Å².